The normalized spacial score (nSPS) is 20.9. The number of hydrogen-bond donors (Lipinski definition) is 1. The smallest absolute Gasteiger partial charge is 0.222 e. The summed E-state index contributed by atoms with van der Waals surface area (Å²) < 4.78 is 5.76. The highest BCUT2D eigenvalue weighted by atomic mass is 16.5. The number of amides is 1. The van der Waals surface area contributed by atoms with Crippen LogP contribution in [0.3, 0.4) is 0 Å². The molecule has 3 rings (SSSR count). The lowest BCUT2D eigenvalue weighted by molar-refractivity contribution is -0.123. The minimum atomic E-state index is -0.118. The van der Waals surface area contributed by atoms with E-state index >= 15 is 0 Å². The van der Waals surface area contributed by atoms with Crippen LogP contribution in [0.1, 0.15) is 37.4 Å². The quantitative estimate of drug-likeness (QED) is 0.866. The summed E-state index contributed by atoms with van der Waals surface area (Å²) in [5.74, 6) is 0.0782. The Morgan fingerprint density at radius 2 is 1.50 bits per heavy atom. The van der Waals surface area contributed by atoms with Crippen LogP contribution in [-0.4, -0.2) is 42.6 Å². The number of ether oxygens (including phenoxy) is 1. The van der Waals surface area contributed by atoms with E-state index in [2.05, 4.69) is 48.3 Å². The first-order valence-electron chi connectivity index (χ1n) is 9.39. The summed E-state index contributed by atoms with van der Waals surface area (Å²) in [6, 6.07) is 20.1. The van der Waals surface area contributed by atoms with Crippen LogP contribution in [0.25, 0.3) is 0 Å². The van der Waals surface area contributed by atoms with Crippen molar-refractivity contribution in [2.24, 2.45) is 0 Å². The second-order valence-electron chi connectivity index (χ2n) is 7.09. The molecular weight excluding hydrogens is 324 g/mol. The fraction of sp³-hybridized carbons (Fsp3) is 0.409. The van der Waals surface area contributed by atoms with Gasteiger partial charge in [0.2, 0.25) is 5.91 Å². The maximum Gasteiger partial charge on any atom is 0.222 e. The molecule has 1 heterocycles. The summed E-state index contributed by atoms with van der Waals surface area (Å²) in [4.78, 5) is 15.0. The molecule has 138 valence electrons. The van der Waals surface area contributed by atoms with Gasteiger partial charge in [0.1, 0.15) is 0 Å². The van der Waals surface area contributed by atoms with Crippen molar-refractivity contribution in [3.05, 3.63) is 71.8 Å². The van der Waals surface area contributed by atoms with Gasteiger partial charge in [0.15, 0.2) is 0 Å². The topological polar surface area (TPSA) is 41.6 Å². The molecule has 2 aromatic carbocycles. The Labute approximate surface area is 156 Å². The van der Waals surface area contributed by atoms with E-state index in [1.54, 1.807) is 0 Å². The fourth-order valence-electron chi connectivity index (χ4n) is 3.61. The predicted octanol–water partition coefficient (Wildman–Crippen LogP) is 3.39. The third kappa shape index (κ3) is 5.16. The standard InChI is InChI=1S/C22H28N2O2/c1-17-15-24(16-18(2)26-17)14-13-21(25)23-22(19-9-5-3-6-10-19)20-11-7-4-8-12-20/h3-12,17-18,22H,13-16H2,1-2H3,(H,23,25)/t17-,18-/m0/s1. The molecule has 4 nitrogen and oxygen atoms in total. The molecule has 1 fully saturated rings. The molecule has 1 amide bonds. The molecule has 0 radical (unpaired) electrons. The van der Waals surface area contributed by atoms with Gasteiger partial charge in [-0.25, -0.2) is 0 Å². The molecule has 0 spiro atoms. The molecule has 0 aromatic heterocycles. The van der Waals surface area contributed by atoms with Gasteiger partial charge in [-0.15, -0.1) is 0 Å². The predicted molar refractivity (Wildman–Crippen MR) is 104 cm³/mol. The number of morpholine rings is 1. The van der Waals surface area contributed by atoms with Gasteiger partial charge in [-0.1, -0.05) is 60.7 Å². The summed E-state index contributed by atoms with van der Waals surface area (Å²) >= 11 is 0. The van der Waals surface area contributed by atoms with Crippen molar-refractivity contribution < 1.29 is 9.53 Å². The van der Waals surface area contributed by atoms with Crippen LogP contribution in [-0.2, 0) is 9.53 Å². The van der Waals surface area contributed by atoms with Gasteiger partial charge in [-0.2, -0.15) is 0 Å². The first-order chi connectivity index (χ1) is 12.6. The van der Waals surface area contributed by atoms with Crippen molar-refractivity contribution in [1.82, 2.24) is 10.2 Å². The highest BCUT2D eigenvalue weighted by Gasteiger charge is 2.23. The molecule has 1 aliphatic rings. The second-order valence-corrected chi connectivity index (χ2v) is 7.09. The SMILES string of the molecule is C[C@H]1CN(CCC(=O)NC(c2ccccc2)c2ccccc2)C[C@H](C)O1. The average Bonchev–Trinajstić information content (AvgIpc) is 2.65. The molecular formula is C22H28N2O2. The molecule has 1 aliphatic heterocycles. The molecule has 0 aliphatic carbocycles. The third-order valence-corrected chi connectivity index (χ3v) is 4.72. The van der Waals surface area contributed by atoms with Gasteiger partial charge in [0.05, 0.1) is 18.2 Å². The Morgan fingerprint density at radius 3 is 2.00 bits per heavy atom. The van der Waals surface area contributed by atoms with Crippen LogP contribution < -0.4 is 5.32 Å². The van der Waals surface area contributed by atoms with E-state index in [-0.39, 0.29) is 24.2 Å². The Balaban J connectivity index is 1.62. The number of hydrogen-bond acceptors (Lipinski definition) is 3. The molecule has 4 heteroatoms. The fourth-order valence-corrected chi connectivity index (χ4v) is 3.61. The van der Waals surface area contributed by atoms with E-state index in [0.717, 1.165) is 30.8 Å². The minimum absolute atomic E-state index is 0.0782. The maximum absolute atomic E-state index is 12.6. The zero-order valence-corrected chi connectivity index (χ0v) is 15.6. The summed E-state index contributed by atoms with van der Waals surface area (Å²) in [6.07, 6.45) is 0.946. The van der Waals surface area contributed by atoms with Crippen LogP contribution in [0.4, 0.5) is 0 Å². The van der Waals surface area contributed by atoms with E-state index < -0.39 is 0 Å². The first-order valence-corrected chi connectivity index (χ1v) is 9.39. The highest BCUT2D eigenvalue weighted by molar-refractivity contribution is 5.77. The van der Waals surface area contributed by atoms with Gasteiger partial charge >= 0.3 is 0 Å². The van der Waals surface area contributed by atoms with Gasteiger partial charge in [0.25, 0.3) is 0 Å². The minimum Gasteiger partial charge on any atom is -0.373 e. The number of rotatable bonds is 6. The number of benzene rings is 2. The Bertz CT molecular complexity index is 640. The lowest BCUT2D eigenvalue weighted by Gasteiger charge is -2.35. The second kappa shape index (κ2) is 8.97. The van der Waals surface area contributed by atoms with Crippen LogP contribution >= 0.6 is 0 Å². The molecule has 0 saturated carbocycles. The van der Waals surface area contributed by atoms with Crippen molar-refractivity contribution in [3.63, 3.8) is 0 Å². The number of carbonyl (C=O) groups excluding carboxylic acids is 1. The molecule has 2 aromatic rings. The third-order valence-electron chi connectivity index (χ3n) is 4.72. The van der Waals surface area contributed by atoms with Crippen molar-refractivity contribution in [2.75, 3.05) is 19.6 Å². The molecule has 1 N–H and O–H groups in total. The van der Waals surface area contributed by atoms with E-state index in [0.29, 0.717) is 6.42 Å². The van der Waals surface area contributed by atoms with Crippen LogP contribution in [0.15, 0.2) is 60.7 Å². The summed E-state index contributed by atoms with van der Waals surface area (Å²) in [6.45, 7) is 6.71. The van der Waals surface area contributed by atoms with Gasteiger partial charge < -0.3 is 10.1 Å². The summed E-state index contributed by atoms with van der Waals surface area (Å²) in [7, 11) is 0. The van der Waals surface area contributed by atoms with Crippen LogP contribution in [0.5, 0.6) is 0 Å². The van der Waals surface area contributed by atoms with E-state index in [1.165, 1.54) is 0 Å². The molecule has 26 heavy (non-hydrogen) atoms. The Morgan fingerprint density at radius 1 is 1.00 bits per heavy atom. The lowest BCUT2D eigenvalue weighted by atomic mass is 9.98. The van der Waals surface area contributed by atoms with E-state index in [4.69, 9.17) is 4.74 Å². The van der Waals surface area contributed by atoms with Crippen LogP contribution in [0.2, 0.25) is 0 Å². The molecule has 0 unspecified atom stereocenters. The van der Waals surface area contributed by atoms with E-state index in [9.17, 15) is 4.79 Å². The van der Waals surface area contributed by atoms with Crippen molar-refractivity contribution in [3.8, 4) is 0 Å². The van der Waals surface area contributed by atoms with Gasteiger partial charge in [0, 0.05) is 26.1 Å². The van der Waals surface area contributed by atoms with Gasteiger partial charge in [-0.05, 0) is 25.0 Å². The first kappa shape index (κ1) is 18.6. The zero-order chi connectivity index (χ0) is 18.4. The average molecular weight is 352 g/mol. The zero-order valence-electron chi connectivity index (χ0n) is 15.6. The maximum atomic E-state index is 12.6. The molecule has 0 bridgehead atoms. The number of carbonyl (C=O) groups is 1. The van der Waals surface area contributed by atoms with E-state index in [1.807, 2.05) is 36.4 Å². The largest absolute Gasteiger partial charge is 0.373 e. The number of nitrogens with one attached hydrogen (secondary N) is 1. The lowest BCUT2D eigenvalue weighted by Crippen LogP contribution is -2.46. The molecule has 1 saturated heterocycles. The van der Waals surface area contributed by atoms with Crippen LogP contribution in [0, 0.1) is 0 Å². The monoisotopic (exact) mass is 352 g/mol. The Kier molecular flexibility index (Phi) is 6.42. The molecule has 2 atom stereocenters. The van der Waals surface area contributed by atoms with Crippen molar-refractivity contribution >= 4 is 5.91 Å². The van der Waals surface area contributed by atoms with Gasteiger partial charge in [-0.3, -0.25) is 9.69 Å². The summed E-state index contributed by atoms with van der Waals surface area (Å²) in [5.41, 5.74) is 2.20. The summed E-state index contributed by atoms with van der Waals surface area (Å²) in [5, 5.41) is 3.21. The van der Waals surface area contributed by atoms with Crippen molar-refractivity contribution in [2.45, 2.75) is 38.5 Å². The Hall–Kier alpha value is -2.17. The highest BCUT2D eigenvalue weighted by Crippen LogP contribution is 2.22. The van der Waals surface area contributed by atoms with Crippen molar-refractivity contribution in [1.29, 1.82) is 0 Å². The number of nitrogens with zero attached hydrogens (tertiary/aromatic N) is 1.